The lowest BCUT2D eigenvalue weighted by Gasteiger charge is -2.32. The molecule has 5 heteroatoms. The van der Waals surface area contributed by atoms with E-state index in [2.05, 4.69) is 16.4 Å². The van der Waals surface area contributed by atoms with Crippen LogP contribution in [0.1, 0.15) is 17.3 Å². The second-order valence-corrected chi connectivity index (χ2v) is 3.55. The first-order chi connectivity index (χ1) is 7.86. The Morgan fingerprint density at radius 3 is 3.25 bits per heavy atom. The van der Waals surface area contributed by atoms with E-state index in [0.717, 1.165) is 6.54 Å². The number of amides is 1. The molecular formula is C11H11N4O. The highest BCUT2D eigenvalue weighted by molar-refractivity contribution is 5.51. The van der Waals surface area contributed by atoms with Crippen molar-refractivity contribution in [1.82, 2.24) is 15.2 Å². The molecule has 0 aromatic carbocycles. The summed E-state index contributed by atoms with van der Waals surface area (Å²) in [6.07, 6.45) is 3.53. The normalized spacial score (nSPS) is 20.2. The quantitative estimate of drug-likeness (QED) is 0.752. The first kappa shape index (κ1) is 10.6. The molecule has 81 valence electrons. The zero-order valence-corrected chi connectivity index (χ0v) is 8.68. The van der Waals surface area contributed by atoms with E-state index in [1.54, 1.807) is 23.2 Å². The van der Waals surface area contributed by atoms with Gasteiger partial charge in [-0.05, 0) is 12.1 Å². The molecule has 1 aromatic heterocycles. The molecule has 16 heavy (non-hydrogen) atoms. The summed E-state index contributed by atoms with van der Waals surface area (Å²) in [5.41, 5.74) is 1.15. The third-order valence-electron chi connectivity index (χ3n) is 2.64. The van der Waals surface area contributed by atoms with Crippen LogP contribution in [0, 0.1) is 11.3 Å². The van der Waals surface area contributed by atoms with E-state index in [4.69, 9.17) is 5.26 Å². The average molecular weight is 215 g/mol. The molecule has 1 amide bonds. The van der Waals surface area contributed by atoms with Gasteiger partial charge >= 0.3 is 6.41 Å². The Balaban J connectivity index is 2.34. The largest absolute Gasteiger partial charge is 0.323 e. The van der Waals surface area contributed by atoms with Crippen LogP contribution in [0.25, 0.3) is 0 Å². The van der Waals surface area contributed by atoms with E-state index < -0.39 is 0 Å². The van der Waals surface area contributed by atoms with Crippen LogP contribution in [-0.4, -0.2) is 35.9 Å². The molecule has 0 aliphatic carbocycles. The number of nitrogens with one attached hydrogen (secondary N) is 1. The van der Waals surface area contributed by atoms with Crippen LogP contribution in [-0.2, 0) is 4.79 Å². The lowest BCUT2D eigenvalue weighted by atomic mass is 10.1. The molecule has 1 unspecified atom stereocenters. The first-order valence-corrected chi connectivity index (χ1v) is 5.07. The zero-order chi connectivity index (χ0) is 11.4. The molecule has 0 saturated carbocycles. The van der Waals surface area contributed by atoms with Gasteiger partial charge in [-0.25, -0.2) is 0 Å². The Morgan fingerprint density at radius 1 is 1.62 bits per heavy atom. The molecule has 1 N–H and O–H groups in total. The lowest BCUT2D eigenvalue weighted by Crippen LogP contribution is -2.45. The molecule has 1 aromatic rings. The van der Waals surface area contributed by atoms with Crippen molar-refractivity contribution in [3.63, 3.8) is 0 Å². The number of rotatable bonds is 2. The van der Waals surface area contributed by atoms with Crippen LogP contribution < -0.4 is 5.32 Å². The van der Waals surface area contributed by atoms with Crippen molar-refractivity contribution in [3.8, 4) is 6.07 Å². The molecule has 1 radical (unpaired) electrons. The van der Waals surface area contributed by atoms with Gasteiger partial charge in [0.05, 0.1) is 17.3 Å². The van der Waals surface area contributed by atoms with Crippen molar-refractivity contribution in [2.75, 3.05) is 19.6 Å². The fourth-order valence-corrected chi connectivity index (χ4v) is 1.84. The number of hydrogen-bond acceptors (Lipinski definition) is 4. The van der Waals surface area contributed by atoms with Crippen molar-refractivity contribution >= 4 is 6.41 Å². The predicted octanol–water partition coefficient (Wildman–Crippen LogP) is -0.0332. The summed E-state index contributed by atoms with van der Waals surface area (Å²) in [4.78, 5) is 16.5. The number of carbonyl (C=O) groups excluding carboxylic acids is 1. The summed E-state index contributed by atoms with van der Waals surface area (Å²) in [6, 6.07) is 5.32. The number of nitriles is 1. The molecule has 0 bridgehead atoms. The van der Waals surface area contributed by atoms with Gasteiger partial charge in [-0.3, -0.25) is 9.78 Å². The van der Waals surface area contributed by atoms with Crippen LogP contribution in [0.2, 0.25) is 0 Å². The molecule has 2 heterocycles. The average Bonchev–Trinajstić information content (AvgIpc) is 2.38. The molecule has 5 nitrogen and oxygen atoms in total. The SMILES string of the molecule is N#Cc1cccnc1C1CNCCN1[C]=O. The number of nitrogens with zero attached hydrogens (tertiary/aromatic N) is 3. The zero-order valence-electron chi connectivity index (χ0n) is 8.68. The van der Waals surface area contributed by atoms with Gasteiger partial charge in [-0.1, -0.05) is 0 Å². The minimum Gasteiger partial charge on any atom is -0.323 e. The van der Waals surface area contributed by atoms with Gasteiger partial charge in [0.2, 0.25) is 0 Å². The van der Waals surface area contributed by atoms with Crippen molar-refractivity contribution in [2.45, 2.75) is 6.04 Å². The van der Waals surface area contributed by atoms with Gasteiger partial charge in [-0.15, -0.1) is 0 Å². The van der Waals surface area contributed by atoms with Crippen LogP contribution in [0.4, 0.5) is 0 Å². The van der Waals surface area contributed by atoms with Crippen LogP contribution in [0.15, 0.2) is 18.3 Å². The molecule has 1 saturated heterocycles. The fourth-order valence-electron chi connectivity index (χ4n) is 1.84. The summed E-state index contributed by atoms with van der Waals surface area (Å²) in [7, 11) is 0. The Kier molecular flexibility index (Phi) is 3.13. The maximum atomic E-state index is 10.8. The number of aromatic nitrogens is 1. The van der Waals surface area contributed by atoms with Crippen molar-refractivity contribution in [1.29, 1.82) is 5.26 Å². The van der Waals surface area contributed by atoms with E-state index in [-0.39, 0.29) is 6.04 Å². The molecule has 1 aliphatic heterocycles. The van der Waals surface area contributed by atoms with Gasteiger partial charge in [-0.2, -0.15) is 5.26 Å². The minimum absolute atomic E-state index is 0.193. The van der Waals surface area contributed by atoms with Gasteiger partial charge < -0.3 is 10.2 Å². The molecule has 0 spiro atoms. The highest BCUT2D eigenvalue weighted by atomic mass is 16.1. The van der Waals surface area contributed by atoms with E-state index in [9.17, 15) is 4.79 Å². The molecule has 1 atom stereocenters. The standard InChI is InChI=1S/C11H11N4O/c12-6-9-2-1-3-14-11(9)10-7-13-4-5-15(10)8-16/h1-3,10,13H,4-5,7H2. The maximum absolute atomic E-state index is 10.8. The second kappa shape index (κ2) is 4.73. The summed E-state index contributed by atoms with van der Waals surface area (Å²) in [5, 5.41) is 12.2. The van der Waals surface area contributed by atoms with Gasteiger partial charge in [0.1, 0.15) is 6.07 Å². The summed E-state index contributed by atoms with van der Waals surface area (Å²) in [6.45, 7) is 1.96. The Hall–Kier alpha value is -1.93. The second-order valence-electron chi connectivity index (χ2n) is 3.55. The summed E-state index contributed by atoms with van der Waals surface area (Å²) < 4.78 is 0. The molecular weight excluding hydrogens is 204 g/mol. The monoisotopic (exact) mass is 215 g/mol. The van der Waals surface area contributed by atoms with Crippen molar-refractivity contribution in [3.05, 3.63) is 29.6 Å². The number of piperazine rings is 1. The highest BCUT2D eigenvalue weighted by Crippen LogP contribution is 2.21. The van der Waals surface area contributed by atoms with Crippen molar-refractivity contribution in [2.24, 2.45) is 0 Å². The smallest absolute Gasteiger partial charge is 0.312 e. The number of pyridine rings is 1. The maximum Gasteiger partial charge on any atom is 0.312 e. The Labute approximate surface area is 93.7 Å². The van der Waals surface area contributed by atoms with Gasteiger partial charge in [0.15, 0.2) is 0 Å². The molecule has 2 rings (SSSR count). The first-order valence-electron chi connectivity index (χ1n) is 5.07. The highest BCUT2D eigenvalue weighted by Gasteiger charge is 2.26. The van der Waals surface area contributed by atoms with E-state index in [0.29, 0.717) is 24.3 Å². The Bertz CT molecular complexity index is 426. The molecule has 1 aliphatic rings. The summed E-state index contributed by atoms with van der Waals surface area (Å²) in [5.74, 6) is 0. The third kappa shape index (κ3) is 1.88. The van der Waals surface area contributed by atoms with Crippen molar-refractivity contribution < 1.29 is 4.79 Å². The van der Waals surface area contributed by atoms with Gasteiger partial charge in [0, 0.05) is 25.8 Å². The fraction of sp³-hybridized carbons (Fsp3) is 0.364. The summed E-state index contributed by atoms with van der Waals surface area (Å²) >= 11 is 0. The number of hydrogen-bond donors (Lipinski definition) is 1. The Morgan fingerprint density at radius 2 is 2.50 bits per heavy atom. The van der Waals surface area contributed by atoms with Crippen LogP contribution in [0.5, 0.6) is 0 Å². The molecule has 1 fully saturated rings. The predicted molar refractivity (Wildman–Crippen MR) is 57.0 cm³/mol. The minimum atomic E-state index is -0.193. The van der Waals surface area contributed by atoms with E-state index in [1.165, 1.54) is 0 Å². The third-order valence-corrected chi connectivity index (χ3v) is 2.64. The topological polar surface area (TPSA) is 69.0 Å². The van der Waals surface area contributed by atoms with E-state index >= 15 is 0 Å². The van der Waals surface area contributed by atoms with Crippen LogP contribution >= 0.6 is 0 Å². The van der Waals surface area contributed by atoms with Gasteiger partial charge in [0.25, 0.3) is 0 Å². The van der Waals surface area contributed by atoms with Crippen LogP contribution in [0.3, 0.4) is 0 Å². The van der Waals surface area contributed by atoms with E-state index in [1.807, 2.05) is 6.41 Å². The lowest BCUT2D eigenvalue weighted by molar-refractivity contribution is 0.244.